The molecule has 0 saturated heterocycles. The number of nitrogens with one attached hydrogen (secondary N) is 2. The smallest absolute Gasteiger partial charge is 0.233 e. The molecule has 1 aromatic heterocycles. The van der Waals surface area contributed by atoms with Crippen molar-refractivity contribution >= 4 is 28.7 Å². The summed E-state index contributed by atoms with van der Waals surface area (Å²) < 4.78 is 5.18. The van der Waals surface area contributed by atoms with Crippen LogP contribution in [-0.2, 0) is 4.79 Å². The van der Waals surface area contributed by atoms with E-state index in [1.165, 1.54) is 11.8 Å². The summed E-state index contributed by atoms with van der Waals surface area (Å²) in [6, 6.07) is 5.80. The Morgan fingerprint density at radius 3 is 2.80 bits per heavy atom. The first-order valence-electron chi connectivity index (χ1n) is 6.50. The van der Waals surface area contributed by atoms with Gasteiger partial charge in [-0.1, -0.05) is 11.8 Å². The number of aromatic nitrogens is 2. The molecule has 0 radical (unpaired) electrons. The highest BCUT2D eigenvalue weighted by Gasteiger charge is 2.17. The standard InChI is InChI=1S/C14H19N3O2S/c1-8(2)15-13(18)9(3)20-14-16-11-6-5-10(19-4)7-12(11)17-14/h5-9H,1-4H3,(H,15,18)(H,16,17)/t9-/m0/s1. The molecule has 0 aliphatic rings. The number of carbonyl (C=O) groups excluding carboxylic acids is 1. The molecule has 5 nitrogen and oxygen atoms in total. The molecule has 1 aromatic carbocycles. The molecule has 2 N–H and O–H groups in total. The average Bonchev–Trinajstić information content (AvgIpc) is 2.78. The van der Waals surface area contributed by atoms with E-state index in [4.69, 9.17) is 4.74 Å². The highest BCUT2D eigenvalue weighted by atomic mass is 32.2. The number of benzene rings is 1. The minimum absolute atomic E-state index is 0.0167. The maximum atomic E-state index is 11.9. The van der Waals surface area contributed by atoms with Crippen molar-refractivity contribution in [2.24, 2.45) is 0 Å². The van der Waals surface area contributed by atoms with Gasteiger partial charge < -0.3 is 15.0 Å². The third-order valence-corrected chi connectivity index (χ3v) is 3.74. The lowest BCUT2D eigenvalue weighted by Crippen LogP contribution is -2.35. The molecule has 0 spiro atoms. The summed E-state index contributed by atoms with van der Waals surface area (Å²) in [4.78, 5) is 19.5. The van der Waals surface area contributed by atoms with Gasteiger partial charge in [-0.2, -0.15) is 0 Å². The second-order valence-electron chi connectivity index (χ2n) is 4.85. The van der Waals surface area contributed by atoms with E-state index in [2.05, 4.69) is 15.3 Å². The van der Waals surface area contributed by atoms with Crippen LogP contribution < -0.4 is 10.1 Å². The van der Waals surface area contributed by atoms with Crippen LogP contribution in [0.4, 0.5) is 0 Å². The normalized spacial score (nSPS) is 12.7. The SMILES string of the molecule is COc1ccc2nc(S[C@@H](C)C(=O)NC(C)C)[nH]c2c1. The number of hydrogen-bond acceptors (Lipinski definition) is 4. The number of methoxy groups -OCH3 is 1. The largest absolute Gasteiger partial charge is 0.497 e. The van der Waals surface area contributed by atoms with Crippen LogP contribution in [0.3, 0.4) is 0 Å². The zero-order valence-corrected chi connectivity index (χ0v) is 12.9. The van der Waals surface area contributed by atoms with Crippen molar-refractivity contribution in [1.29, 1.82) is 0 Å². The highest BCUT2D eigenvalue weighted by Crippen LogP contribution is 2.25. The van der Waals surface area contributed by atoms with E-state index in [0.29, 0.717) is 0 Å². The third kappa shape index (κ3) is 3.45. The Balaban J connectivity index is 2.11. The van der Waals surface area contributed by atoms with Crippen molar-refractivity contribution in [3.05, 3.63) is 18.2 Å². The molecule has 0 unspecified atom stereocenters. The lowest BCUT2D eigenvalue weighted by atomic mass is 10.3. The van der Waals surface area contributed by atoms with Crippen LogP contribution in [0, 0.1) is 0 Å². The van der Waals surface area contributed by atoms with Crippen molar-refractivity contribution in [3.63, 3.8) is 0 Å². The van der Waals surface area contributed by atoms with Crippen molar-refractivity contribution in [1.82, 2.24) is 15.3 Å². The molecule has 0 fully saturated rings. The van der Waals surface area contributed by atoms with Crippen molar-refractivity contribution < 1.29 is 9.53 Å². The van der Waals surface area contributed by atoms with Gasteiger partial charge in [-0.15, -0.1) is 0 Å². The van der Waals surface area contributed by atoms with Crippen LogP contribution in [0.1, 0.15) is 20.8 Å². The summed E-state index contributed by atoms with van der Waals surface area (Å²) in [6.45, 7) is 5.77. The fraction of sp³-hybridized carbons (Fsp3) is 0.429. The van der Waals surface area contributed by atoms with E-state index in [1.807, 2.05) is 39.0 Å². The maximum Gasteiger partial charge on any atom is 0.233 e. The summed E-state index contributed by atoms with van der Waals surface area (Å²) in [5.74, 6) is 0.798. The summed E-state index contributed by atoms with van der Waals surface area (Å²) in [7, 11) is 1.63. The predicted molar refractivity (Wildman–Crippen MR) is 81.2 cm³/mol. The molecule has 0 saturated carbocycles. The molecule has 1 amide bonds. The van der Waals surface area contributed by atoms with Gasteiger partial charge in [0.05, 0.1) is 23.4 Å². The number of hydrogen-bond donors (Lipinski definition) is 2. The number of carbonyl (C=O) groups is 1. The van der Waals surface area contributed by atoms with E-state index in [0.717, 1.165) is 21.9 Å². The molecule has 0 aliphatic carbocycles. The summed E-state index contributed by atoms with van der Waals surface area (Å²) >= 11 is 1.41. The number of ether oxygens (including phenoxy) is 1. The number of imidazole rings is 1. The van der Waals surface area contributed by atoms with E-state index in [-0.39, 0.29) is 17.2 Å². The maximum absolute atomic E-state index is 11.9. The Hall–Kier alpha value is -1.69. The number of fused-ring (bicyclic) bond motifs is 1. The van der Waals surface area contributed by atoms with Crippen LogP contribution in [-0.4, -0.2) is 34.3 Å². The zero-order valence-electron chi connectivity index (χ0n) is 12.1. The number of amides is 1. The lowest BCUT2D eigenvalue weighted by molar-refractivity contribution is -0.120. The van der Waals surface area contributed by atoms with Gasteiger partial charge in [0.2, 0.25) is 5.91 Å². The van der Waals surface area contributed by atoms with Crippen LogP contribution >= 0.6 is 11.8 Å². The lowest BCUT2D eigenvalue weighted by Gasteiger charge is -2.12. The first kappa shape index (κ1) is 14.7. The molecule has 2 rings (SSSR count). The monoisotopic (exact) mass is 293 g/mol. The summed E-state index contributed by atoms with van der Waals surface area (Å²) in [6.07, 6.45) is 0. The Labute approximate surface area is 122 Å². The minimum Gasteiger partial charge on any atom is -0.497 e. The molecule has 0 bridgehead atoms. The summed E-state index contributed by atoms with van der Waals surface area (Å²) in [5.41, 5.74) is 1.77. The van der Waals surface area contributed by atoms with Gasteiger partial charge in [-0.05, 0) is 32.9 Å². The number of thioether (sulfide) groups is 1. The quantitative estimate of drug-likeness (QED) is 0.832. The van der Waals surface area contributed by atoms with Crippen LogP contribution in [0.25, 0.3) is 11.0 Å². The highest BCUT2D eigenvalue weighted by molar-refractivity contribution is 8.00. The Morgan fingerprint density at radius 1 is 1.40 bits per heavy atom. The topological polar surface area (TPSA) is 67.0 Å². The molecule has 2 aromatic rings. The molecular weight excluding hydrogens is 274 g/mol. The minimum atomic E-state index is -0.195. The Kier molecular flexibility index (Phi) is 4.54. The summed E-state index contributed by atoms with van der Waals surface area (Å²) in [5, 5.41) is 3.43. The van der Waals surface area contributed by atoms with Crippen LogP contribution in [0.15, 0.2) is 23.4 Å². The fourth-order valence-corrected chi connectivity index (χ4v) is 2.60. The number of H-pyrrole nitrogens is 1. The Morgan fingerprint density at radius 2 is 2.15 bits per heavy atom. The molecule has 108 valence electrons. The van der Waals surface area contributed by atoms with Crippen molar-refractivity contribution in [3.8, 4) is 5.75 Å². The van der Waals surface area contributed by atoms with Gasteiger partial charge in [0.1, 0.15) is 5.75 Å². The van der Waals surface area contributed by atoms with Crippen molar-refractivity contribution in [2.45, 2.75) is 37.2 Å². The van der Waals surface area contributed by atoms with Gasteiger partial charge in [0, 0.05) is 12.1 Å². The molecular formula is C14H19N3O2S. The van der Waals surface area contributed by atoms with Gasteiger partial charge in [0.25, 0.3) is 0 Å². The predicted octanol–water partition coefficient (Wildman–Crippen LogP) is 2.58. The van der Waals surface area contributed by atoms with Crippen molar-refractivity contribution in [2.75, 3.05) is 7.11 Å². The van der Waals surface area contributed by atoms with E-state index < -0.39 is 0 Å². The van der Waals surface area contributed by atoms with Crippen LogP contribution in [0.2, 0.25) is 0 Å². The number of aromatic amines is 1. The number of rotatable bonds is 5. The second kappa shape index (κ2) is 6.17. The first-order chi connectivity index (χ1) is 9.49. The molecule has 20 heavy (non-hydrogen) atoms. The van der Waals surface area contributed by atoms with Gasteiger partial charge in [-0.25, -0.2) is 4.98 Å². The molecule has 1 atom stereocenters. The van der Waals surface area contributed by atoms with E-state index in [9.17, 15) is 4.79 Å². The van der Waals surface area contributed by atoms with Gasteiger partial charge in [-0.3, -0.25) is 4.79 Å². The Bertz CT molecular complexity index is 609. The fourth-order valence-electron chi connectivity index (χ4n) is 1.77. The third-order valence-electron chi connectivity index (χ3n) is 2.76. The second-order valence-corrected chi connectivity index (χ2v) is 6.18. The average molecular weight is 293 g/mol. The van der Waals surface area contributed by atoms with Crippen LogP contribution in [0.5, 0.6) is 5.75 Å². The van der Waals surface area contributed by atoms with Gasteiger partial charge in [0.15, 0.2) is 5.16 Å². The molecule has 0 aliphatic heterocycles. The van der Waals surface area contributed by atoms with E-state index in [1.54, 1.807) is 7.11 Å². The first-order valence-corrected chi connectivity index (χ1v) is 7.38. The number of nitrogens with zero attached hydrogens (tertiary/aromatic N) is 1. The molecule has 6 heteroatoms. The van der Waals surface area contributed by atoms with E-state index >= 15 is 0 Å². The zero-order chi connectivity index (χ0) is 14.7. The van der Waals surface area contributed by atoms with Gasteiger partial charge >= 0.3 is 0 Å². The molecule has 1 heterocycles.